The van der Waals surface area contributed by atoms with Gasteiger partial charge in [-0.2, -0.15) is 0 Å². The van der Waals surface area contributed by atoms with E-state index in [-0.39, 0.29) is 5.25 Å². The Balaban J connectivity index is 2.23. The zero-order valence-corrected chi connectivity index (χ0v) is 10.9. The second kappa shape index (κ2) is 6.37. The predicted octanol–water partition coefficient (Wildman–Crippen LogP) is 2.28. The summed E-state index contributed by atoms with van der Waals surface area (Å²) in [6, 6.07) is 9.67. The first-order chi connectivity index (χ1) is 8.85. The molecule has 1 heterocycles. The maximum Gasteiger partial charge on any atom is 0.188 e. The SMILES string of the molecule is COc1ccccc1C(CN)Sc1ncccn1. The van der Waals surface area contributed by atoms with Crippen LogP contribution in [0.15, 0.2) is 47.9 Å². The molecule has 2 N–H and O–H groups in total. The van der Waals surface area contributed by atoms with E-state index in [1.165, 1.54) is 0 Å². The third kappa shape index (κ3) is 3.00. The van der Waals surface area contributed by atoms with E-state index in [1.807, 2.05) is 24.3 Å². The number of para-hydroxylation sites is 1. The molecule has 1 unspecified atom stereocenters. The summed E-state index contributed by atoms with van der Waals surface area (Å²) in [4.78, 5) is 8.41. The third-order valence-corrected chi connectivity index (χ3v) is 3.64. The van der Waals surface area contributed by atoms with Gasteiger partial charge in [0.25, 0.3) is 0 Å². The lowest BCUT2D eigenvalue weighted by atomic mass is 10.1. The molecule has 0 bridgehead atoms. The van der Waals surface area contributed by atoms with Crippen molar-refractivity contribution in [1.82, 2.24) is 9.97 Å². The van der Waals surface area contributed by atoms with Gasteiger partial charge < -0.3 is 10.5 Å². The molecule has 18 heavy (non-hydrogen) atoms. The Hall–Kier alpha value is -1.59. The molecule has 0 aliphatic rings. The fourth-order valence-electron chi connectivity index (χ4n) is 1.64. The first-order valence-corrected chi connectivity index (χ1v) is 6.49. The number of hydrogen-bond acceptors (Lipinski definition) is 5. The minimum Gasteiger partial charge on any atom is -0.496 e. The van der Waals surface area contributed by atoms with Crippen LogP contribution in [0.4, 0.5) is 0 Å². The fourth-order valence-corrected chi connectivity index (χ4v) is 2.56. The lowest BCUT2D eigenvalue weighted by Crippen LogP contribution is -2.11. The van der Waals surface area contributed by atoms with E-state index in [9.17, 15) is 0 Å². The summed E-state index contributed by atoms with van der Waals surface area (Å²) in [6.45, 7) is 0.503. The Morgan fingerprint density at radius 1 is 1.22 bits per heavy atom. The summed E-state index contributed by atoms with van der Waals surface area (Å²) in [5, 5.41) is 0.808. The van der Waals surface area contributed by atoms with Crippen LogP contribution in [0.3, 0.4) is 0 Å². The zero-order valence-electron chi connectivity index (χ0n) is 10.1. The number of ether oxygens (including phenoxy) is 1. The van der Waals surface area contributed by atoms with Crippen LogP contribution in [0.2, 0.25) is 0 Å². The molecule has 0 amide bonds. The minimum absolute atomic E-state index is 0.0866. The molecule has 0 aliphatic heterocycles. The van der Waals surface area contributed by atoms with E-state index in [2.05, 4.69) is 9.97 Å². The van der Waals surface area contributed by atoms with Gasteiger partial charge in [0.05, 0.1) is 12.4 Å². The molecule has 4 nitrogen and oxygen atoms in total. The maximum absolute atomic E-state index is 5.84. The standard InChI is InChI=1S/C13H15N3OS/c1-17-11-6-3-2-5-10(11)12(9-14)18-13-15-7-4-8-16-13/h2-8,12H,9,14H2,1H3. The van der Waals surface area contributed by atoms with Gasteiger partial charge in [-0.25, -0.2) is 9.97 Å². The third-order valence-electron chi connectivity index (χ3n) is 2.49. The van der Waals surface area contributed by atoms with E-state index in [1.54, 1.807) is 37.3 Å². The molecule has 0 aliphatic carbocycles. The summed E-state index contributed by atoms with van der Waals surface area (Å²) < 4.78 is 5.36. The quantitative estimate of drug-likeness (QED) is 0.661. The number of rotatable bonds is 5. The summed E-state index contributed by atoms with van der Waals surface area (Å²) in [5.74, 6) is 0.844. The summed E-state index contributed by atoms with van der Waals surface area (Å²) in [5.41, 5.74) is 6.91. The molecule has 1 aromatic carbocycles. The largest absolute Gasteiger partial charge is 0.496 e. The Kier molecular flexibility index (Phi) is 4.55. The van der Waals surface area contributed by atoms with Crippen molar-refractivity contribution in [2.45, 2.75) is 10.4 Å². The van der Waals surface area contributed by atoms with E-state index in [0.29, 0.717) is 6.54 Å². The zero-order chi connectivity index (χ0) is 12.8. The number of hydrogen-bond donors (Lipinski definition) is 1. The second-order valence-electron chi connectivity index (χ2n) is 3.62. The van der Waals surface area contributed by atoms with Gasteiger partial charge in [-0.3, -0.25) is 0 Å². The number of thioether (sulfide) groups is 1. The maximum atomic E-state index is 5.84. The van der Waals surface area contributed by atoms with Crippen molar-refractivity contribution in [2.24, 2.45) is 5.73 Å². The summed E-state index contributed by atoms with van der Waals surface area (Å²) in [6.07, 6.45) is 3.45. The average Bonchev–Trinajstić information content (AvgIpc) is 2.46. The number of aromatic nitrogens is 2. The van der Waals surface area contributed by atoms with Crippen LogP contribution in [-0.2, 0) is 0 Å². The van der Waals surface area contributed by atoms with Gasteiger partial charge in [0.1, 0.15) is 5.75 Å². The molecule has 94 valence electrons. The Morgan fingerprint density at radius 2 is 1.94 bits per heavy atom. The summed E-state index contributed by atoms with van der Waals surface area (Å²) >= 11 is 1.54. The highest BCUT2D eigenvalue weighted by atomic mass is 32.2. The lowest BCUT2D eigenvalue weighted by Gasteiger charge is -2.16. The number of nitrogens with two attached hydrogens (primary N) is 1. The number of methoxy groups -OCH3 is 1. The molecule has 2 rings (SSSR count). The van der Waals surface area contributed by atoms with Crippen molar-refractivity contribution < 1.29 is 4.74 Å². The molecule has 0 saturated heterocycles. The molecular weight excluding hydrogens is 246 g/mol. The lowest BCUT2D eigenvalue weighted by molar-refractivity contribution is 0.409. The van der Waals surface area contributed by atoms with Crippen molar-refractivity contribution in [3.05, 3.63) is 48.3 Å². The van der Waals surface area contributed by atoms with E-state index >= 15 is 0 Å². The predicted molar refractivity (Wildman–Crippen MR) is 72.7 cm³/mol. The van der Waals surface area contributed by atoms with Crippen LogP contribution in [0.1, 0.15) is 10.8 Å². The number of benzene rings is 1. The molecule has 0 spiro atoms. The van der Waals surface area contributed by atoms with Crippen molar-refractivity contribution in [3.63, 3.8) is 0 Å². The molecular formula is C13H15N3OS. The van der Waals surface area contributed by atoms with E-state index < -0.39 is 0 Å². The fraction of sp³-hybridized carbons (Fsp3) is 0.231. The van der Waals surface area contributed by atoms with Crippen LogP contribution >= 0.6 is 11.8 Å². The highest BCUT2D eigenvalue weighted by Crippen LogP contribution is 2.36. The molecule has 0 radical (unpaired) electrons. The first kappa shape index (κ1) is 12.9. The van der Waals surface area contributed by atoms with Gasteiger partial charge in [-0.1, -0.05) is 30.0 Å². The first-order valence-electron chi connectivity index (χ1n) is 5.61. The van der Waals surface area contributed by atoms with Crippen molar-refractivity contribution in [1.29, 1.82) is 0 Å². The van der Waals surface area contributed by atoms with Crippen LogP contribution in [0.25, 0.3) is 0 Å². The van der Waals surface area contributed by atoms with Crippen LogP contribution in [0.5, 0.6) is 5.75 Å². The highest BCUT2D eigenvalue weighted by Gasteiger charge is 2.16. The van der Waals surface area contributed by atoms with Gasteiger partial charge >= 0.3 is 0 Å². The Morgan fingerprint density at radius 3 is 2.61 bits per heavy atom. The van der Waals surface area contributed by atoms with Gasteiger partial charge in [0.2, 0.25) is 0 Å². The van der Waals surface area contributed by atoms with Gasteiger partial charge in [-0.15, -0.1) is 0 Å². The Labute approximate surface area is 111 Å². The highest BCUT2D eigenvalue weighted by molar-refractivity contribution is 7.99. The van der Waals surface area contributed by atoms with Crippen LogP contribution in [-0.4, -0.2) is 23.6 Å². The monoisotopic (exact) mass is 261 g/mol. The topological polar surface area (TPSA) is 61.0 Å². The second-order valence-corrected chi connectivity index (χ2v) is 4.79. The van der Waals surface area contributed by atoms with E-state index in [0.717, 1.165) is 16.5 Å². The smallest absolute Gasteiger partial charge is 0.188 e. The van der Waals surface area contributed by atoms with Gasteiger partial charge in [0.15, 0.2) is 5.16 Å². The van der Waals surface area contributed by atoms with Crippen LogP contribution < -0.4 is 10.5 Å². The molecule has 0 fully saturated rings. The normalized spacial score (nSPS) is 12.1. The Bertz CT molecular complexity index is 493. The molecule has 1 aromatic heterocycles. The van der Waals surface area contributed by atoms with Crippen LogP contribution in [0, 0.1) is 0 Å². The van der Waals surface area contributed by atoms with Gasteiger partial charge in [0, 0.05) is 24.5 Å². The molecule has 5 heteroatoms. The van der Waals surface area contributed by atoms with Crippen molar-refractivity contribution >= 4 is 11.8 Å². The van der Waals surface area contributed by atoms with Crippen molar-refractivity contribution in [2.75, 3.05) is 13.7 Å². The van der Waals surface area contributed by atoms with Crippen molar-refractivity contribution in [3.8, 4) is 5.75 Å². The summed E-state index contributed by atoms with van der Waals surface area (Å²) in [7, 11) is 1.66. The minimum atomic E-state index is 0.0866. The number of nitrogens with zero attached hydrogens (tertiary/aromatic N) is 2. The molecule has 2 aromatic rings. The molecule has 1 atom stereocenters. The molecule has 0 saturated carbocycles. The van der Waals surface area contributed by atoms with Gasteiger partial charge in [-0.05, 0) is 12.1 Å². The van der Waals surface area contributed by atoms with E-state index in [4.69, 9.17) is 10.5 Å². The average molecular weight is 261 g/mol.